The molecule has 11 heavy (non-hydrogen) atoms. The summed E-state index contributed by atoms with van der Waals surface area (Å²) in [5.74, 6) is 1.17. The smallest absolute Gasteiger partial charge is 0.257 e. The molecule has 0 saturated carbocycles. The van der Waals surface area contributed by atoms with Crippen molar-refractivity contribution in [2.45, 2.75) is 13.3 Å². The fourth-order valence-electron chi connectivity index (χ4n) is 0.926. The molecule has 1 aromatic rings. The number of hydrogen-bond donors (Lipinski definition) is 1. The second kappa shape index (κ2) is 3.39. The molecule has 0 aliphatic carbocycles. The van der Waals surface area contributed by atoms with Crippen LogP contribution in [0.25, 0.3) is 0 Å². The van der Waals surface area contributed by atoms with Crippen molar-refractivity contribution in [1.29, 1.82) is 0 Å². The standard InChI is InChI=1S/C7H11NO3/c1-5-6(3-4-9)7(10-2)8-11-5/h9H,3-4H2,1-2H3. The highest BCUT2D eigenvalue weighted by Gasteiger charge is 2.11. The average molecular weight is 157 g/mol. The van der Waals surface area contributed by atoms with Crippen molar-refractivity contribution in [2.75, 3.05) is 13.7 Å². The monoisotopic (exact) mass is 157 g/mol. The Kier molecular flexibility index (Phi) is 2.48. The predicted molar refractivity (Wildman–Crippen MR) is 38.6 cm³/mol. The number of hydrogen-bond acceptors (Lipinski definition) is 4. The summed E-state index contributed by atoms with van der Waals surface area (Å²) in [6, 6.07) is 0. The highest BCUT2D eigenvalue weighted by Crippen LogP contribution is 2.20. The fraction of sp³-hybridized carbons (Fsp3) is 0.571. The molecule has 0 saturated heterocycles. The summed E-state index contributed by atoms with van der Waals surface area (Å²) in [5, 5.41) is 12.3. The van der Waals surface area contributed by atoms with Gasteiger partial charge in [0.05, 0.1) is 12.7 Å². The van der Waals surface area contributed by atoms with Crippen LogP contribution in [0.1, 0.15) is 11.3 Å². The lowest BCUT2D eigenvalue weighted by Gasteiger charge is -1.96. The zero-order chi connectivity index (χ0) is 8.27. The first-order valence-corrected chi connectivity index (χ1v) is 3.39. The molecule has 0 spiro atoms. The Hall–Kier alpha value is -1.03. The van der Waals surface area contributed by atoms with E-state index in [0.29, 0.717) is 18.1 Å². The number of aliphatic hydroxyl groups is 1. The van der Waals surface area contributed by atoms with Crippen LogP contribution >= 0.6 is 0 Å². The molecule has 0 fully saturated rings. The third kappa shape index (κ3) is 1.51. The van der Waals surface area contributed by atoms with E-state index in [1.54, 1.807) is 6.92 Å². The molecule has 1 N–H and O–H groups in total. The summed E-state index contributed by atoms with van der Waals surface area (Å²) in [7, 11) is 1.53. The second-order valence-electron chi connectivity index (χ2n) is 2.20. The van der Waals surface area contributed by atoms with Crippen LogP contribution in [0.2, 0.25) is 0 Å². The van der Waals surface area contributed by atoms with Gasteiger partial charge in [0, 0.05) is 13.0 Å². The van der Waals surface area contributed by atoms with Gasteiger partial charge in [-0.15, -0.1) is 0 Å². The highest BCUT2D eigenvalue weighted by molar-refractivity contribution is 5.27. The summed E-state index contributed by atoms with van der Waals surface area (Å²) < 4.78 is 9.76. The maximum atomic E-state index is 8.66. The third-order valence-corrected chi connectivity index (χ3v) is 1.50. The summed E-state index contributed by atoms with van der Waals surface area (Å²) in [6.07, 6.45) is 0.526. The molecule has 4 nitrogen and oxygen atoms in total. The topological polar surface area (TPSA) is 55.5 Å². The maximum absolute atomic E-state index is 8.66. The highest BCUT2D eigenvalue weighted by atomic mass is 16.5. The van der Waals surface area contributed by atoms with E-state index in [1.165, 1.54) is 7.11 Å². The molecule has 0 aromatic carbocycles. The van der Waals surface area contributed by atoms with E-state index in [4.69, 9.17) is 14.4 Å². The molecule has 0 atom stereocenters. The van der Waals surface area contributed by atoms with E-state index in [2.05, 4.69) is 5.16 Å². The van der Waals surface area contributed by atoms with Crippen molar-refractivity contribution >= 4 is 0 Å². The molecule has 62 valence electrons. The molecular weight excluding hydrogens is 146 g/mol. The van der Waals surface area contributed by atoms with Gasteiger partial charge in [0.25, 0.3) is 5.88 Å². The fourth-order valence-corrected chi connectivity index (χ4v) is 0.926. The van der Waals surface area contributed by atoms with Gasteiger partial charge in [0.15, 0.2) is 0 Å². The first-order valence-electron chi connectivity index (χ1n) is 3.39. The zero-order valence-electron chi connectivity index (χ0n) is 6.63. The lowest BCUT2D eigenvalue weighted by molar-refractivity contribution is 0.296. The quantitative estimate of drug-likeness (QED) is 0.695. The Morgan fingerprint density at radius 3 is 2.91 bits per heavy atom. The molecule has 0 aliphatic rings. The van der Waals surface area contributed by atoms with E-state index < -0.39 is 0 Å². The number of ether oxygens (including phenoxy) is 1. The minimum Gasteiger partial charge on any atom is -0.479 e. The minimum absolute atomic E-state index is 0.0818. The van der Waals surface area contributed by atoms with Gasteiger partial charge in [-0.3, -0.25) is 0 Å². The zero-order valence-corrected chi connectivity index (χ0v) is 6.63. The summed E-state index contributed by atoms with van der Waals surface area (Å²) in [5.41, 5.74) is 0.843. The molecule has 1 aromatic heterocycles. The molecule has 4 heteroatoms. The first kappa shape index (κ1) is 8.07. The van der Waals surface area contributed by atoms with E-state index >= 15 is 0 Å². The summed E-state index contributed by atoms with van der Waals surface area (Å²) >= 11 is 0. The third-order valence-electron chi connectivity index (χ3n) is 1.50. The van der Waals surface area contributed by atoms with Crippen LogP contribution in [-0.4, -0.2) is 24.0 Å². The van der Waals surface area contributed by atoms with Gasteiger partial charge in [-0.05, 0) is 12.1 Å². The van der Waals surface area contributed by atoms with Gasteiger partial charge in [0.1, 0.15) is 5.76 Å². The van der Waals surface area contributed by atoms with E-state index in [-0.39, 0.29) is 6.61 Å². The lowest BCUT2D eigenvalue weighted by Crippen LogP contribution is -1.94. The number of aromatic nitrogens is 1. The first-order chi connectivity index (χ1) is 5.29. The van der Waals surface area contributed by atoms with Gasteiger partial charge < -0.3 is 14.4 Å². The Balaban J connectivity index is 2.88. The number of nitrogens with zero attached hydrogens (tertiary/aromatic N) is 1. The predicted octanol–water partition coefficient (Wildman–Crippen LogP) is 0.526. The van der Waals surface area contributed by atoms with Crippen molar-refractivity contribution in [2.24, 2.45) is 0 Å². The Bertz CT molecular complexity index is 232. The van der Waals surface area contributed by atoms with Gasteiger partial charge in [-0.25, -0.2) is 0 Å². The normalized spacial score (nSPS) is 10.1. The number of rotatable bonds is 3. The molecule has 0 bridgehead atoms. The van der Waals surface area contributed by atoms with Crippen molar-refractivity contribution in [3.63, 3.8) is 0 Å². The summed E-state index contributed by atoms with van der Waals surface area (Å²) in [4.78, 5) is 0. The Morgan fingerprint density at radius 1 is 1.64 bits per heavy atom. The molecule has 0 radical (unpaired) electrons. The van der Waals surface area contributed by atoms with Gasteiger partial charge >= 0.3 is 0 Å². The van der Waals surface area contributed by atoms with E-state index in [9.17, 15) is 0 Å². The molecular formula is C7H11NO3. The van der Waals surface area contributed by atoms with Gasteiger partial charge in [-0.2, -0.15) is 0 Å². The van der Waals surface area contributed by atoms with Crippen LogP contribution in [0.3, 0.4) is 0 Å². The molecule has 0 unspecified atom stereocenters. The molecule has 1 rings (SSSR count). The number of methoxy groups -OCH3 is 1. The molecule has 0 aliphatic heterocycles. The average Bonchev–Trinajstić information content (AvgIpc) is 2.34. The van der Waals surface area contributed by atoms with Crippen molar-refractivity contribution < 1.29 is 14.4 Å². The maximum Gasteiger partial charge on any atom is 0.257 e. The number of aryl methyl sites for hydroxylation is 1. The van der Waals surface area contributed by atoms with Crippen LogP contribution in [0, 0.1) is 6.92 Å². The van der Waals surface area contributed by atoms with Crippen molar-refractivity contribution in [3.8, 4) is 5.88 Å². The van der Waals surface area contributed by atoms with Crippen LogP contribution < -0.4 is 4.74 Å². The number of aliphatic hydroxyl groups excluding tert-OH is 1. The van der Waals surface area contributed by atoms with E-state index in [0.717, 1.165) is 5.56 Å². The largest absolute Gasteiger partial charge is 0.479 e. The van der Waals surface area contributed by atoms with Crippen LogP contribution in [0.5, 0.6) is 5.88 Å². The van der Waals surface area contributed by atoms with Gasteiger partial charge in [-0.1, -0.05) is 0 Å². The second-order valence-corrected chi connectivity index (χ2v) is 2.20. The van der Waals surface area contributed by atoms with Crippen LogP contribution in [0.15, 0.2) is 4.52 Å². The SMILES string of the molecule is COc1noc(C)c1CCO. The Morgan fingerprint density at radius 2 is 2.36 bits per heavy atom. The van der Waals surface area contributed by atoms with Crippen molar-refractivity contribution in [3.05, 3.63) is 11.3 Å². The van der Waals surface area contributed by atoms with E-state index in [1.807, 2.05) is 0 Å². The molecule has 0 amide bonds. The van der Waals surface area contributed by atoms with Crippen LogP contribution in [0.4, 0.5) is 0 Å². The Labute approximate surface area is 64.8 Å². The van der Waals surface area contributed by atoms with Crippen LogP contribution in [-0.2, 0) is 6.42 Å². The minimum atomic E-state index is 0.0818. The summed E-state index contributed by atoms with van der Waals surface area (Å²) in [6.45, 7) is 1.87. The van der Waals surface area contributed by atoms with Gasteiger partial charge in [0.2, 0.25) is 0 Å². The lowest BCUT2D eigenvalue weighted by atomic mass is 10.2. The van der Waals surface area contributed by atoms with Crippen molar-refractivity contribution in [1.82, 2.24) is 5.16 Å². The molecule has 1 heterocycles.